The van der Waals surface area contributed by atoms with Gasteiger partial charge in [-0.25, -0.2) is 4.98 Å². The Labute approximate surface area is 135 Å². The summed E-state index contributed by atoms with van der Waals surface area (Å²) in [7, 11) is 1.67. The molecule has 1 radical (unpaired) electrons. The van der Waals surface area contributed by atoms with Crippen LogP contribution in [0.15, 0.2) is 36.4 Å². The first-order valence-electron chi connectivity index (χ1n) is 7.50. The van der Waals surface area contributed by atoms with Crippen LogP contribution in [-0.2, 0) is 0 Å². The maximum absolute atomic E-state index is 11.2. The zero-order valence-corrected chi connectivity index (χ0v) is 13.0. The number of carbonyl (C=O) groups excluding carboxylic acids is 1. The van der Waals surface area contributed by atoms with Gasteiger partial charge in [0, 0.05) is 44.0 Å². The summed E-state index contributed by atoms with van der Waals surface area (Å²) in [5.74, 6) is 1.07. The first-order chi connectivity index (χ1) is 11.2. The van der Waals surface area contributed by atoms with Gasteiger partial charge in [-0.3, -0.25) is 4.79 Å². The molecular weight excluding hydrogens is 292 g/mol. The predicted octanol–water partition coefficient (Wildman–Crippen LogP) is 1.32. The molecule has 1 fully saturated rings. The number of anilines is 2. The van der Waals surface area contributed by atoms with Crippen molar-refractivity contribution in [2.24, 2.45) is 5.73 Å². The lowest BCUT2D eigenvalue weighted by Crippen LogP contribution is -2.47. The van der Waals surface area contributed by atoms with E-state index in [0.717, 1.165) is 43.4 Å². The Morgan fingerprint density at radius 1 is 1.22 bits per heavy atom. The number of aromatic nitrogens is 1. The average molecular weight is 311 g/mol. The number of rotatable bonds is 4. The van der Waals surface area contributed by atoms with Crippen molar-refractivity contribution in [3.63, 3.8) is 0 Å². The van der Waals surface area contributed by atoms with Gasteiger partial charge in [0.25, 0.3) is 5.91 Å². The molecule has 0 spiro atoms. The zero-order chi connectivity index (χ0) is 16.2. The molecule has 0 unspecified atom stereocenters. The fourth-order valence-electron chi connectivity index (χ4n) is 2.68. The molecule has 1 saturated heterocycles. The van der Waals surface area contributed by atoms with Crippen LogP contribution in [-0.4, -0.2) is 44.2 Å². The average Bonchev–Trinajstić information content (AvgIpc) is 2.62. The van der Waals surface area contributed by atoms with E-state index in [1.807, 2.05) is 24.3 Å². The van der Waals surface area contributed by atoms with Crippen LogP contribution in [0.1, 0.15) is 10.5 Å². The monoisotopic (exact) mass is 311 g/mol. The Morgan fingerprint density at radius 3 is 2.65 bits per heavy atom. The van der Waals surface area contributed by atoms with Crippen LogP contribution in [0.3, 0.4) is 0 Å². The SMILES string of the molecule is COc1cccc(N2CCN(c3cc[c]c(C(N)=O)n3)CC2)c1. The van der Waals surface area contributed by atoms with E-state index in [1.54, 1.807) is 13.2 Å². The van der Waals surface area contributed by atoms with Crippen molar-refractivity contribution in [3.05, 3.63) is 48.2 Å². The molecule has 6 nitrogen and oxygen atoms in total. The van der Waals surface area contributed by atoms with Crippen LogP contribution in [0.2, 0.25) is 0 Å². The Balaban J connectivity index is 1.68. The summed E-state index contributed by atoms with van der Waals surface area (Å²) in [6.07, 6.45) is 0. The maximum atomic E-state index is 11.2. The molecule has 119 valence electrons. The van der Waals surface area contributed by atoms with Crippen molar-refractivity contribution >= 4 is 17.4 Å². The molecule has 0 atom stereocenters. The minimum absolute atomic E-state index is 0.178. The second kappa shape index (κ2) is 6.56. The second-order valence-electron chi connectivity index (χ2n) is 5.34. The number of amides is 1. The summed E-state index contributed by atoms with van der Waals surface area (Å²) < 4.78 is 5.28. The highest BCUT2D eigenvalue weighted by atomic mass is 16.5. The normalized spacial score (nSPS) is 14.7. The van der Waals surface area contributed by atoms with Crippen LogP contribution in [0, 0.1) is 6.07 Å². The van der Waals surface area contributed by atoms with E-state index in [0.29, 0.717) is 0 Å². The van der Waals surface area contributed by atoms with E-state index in [-0.39, 0.29) is 5.69 Å². The topological polar surface area (TPSA) is 71.7 Å². The Kier molecular flexibility index (Phi) is 4.32. The van der Waals surface area contributed by atoms with Crippen molar-refractivity contribution in [3.8, 4) is 5.75 Å². The number of carbonyl (C=O) groups is 1. The summed E-state index contributed by atoms with van der Waals surface area (Å²) in [5, 5.41) is 0. The highest BCUT2D eigenvalue weighted by molar-refractivity contribution is 5.90. The third-order valence-corrected chi connectivity index (χ3v) is 3.93. The molecule has 1 amide bonds. The van der Waals surface area contributed by atoms with Crippen molar-refractivity contribution < 1.29 is 9.53 Å². The maximum Gasteiger partial charge on any atom is 0.268 e. The second-order valence-corrected chi connectivity index (χ2v) is 5.34. The molecule has 6 heteroatoms. The van der Waals surface area contributed by atoms with Gasteiger partial charge in [-0.15, -0.1) is 0 Å². The Morgan fingerprint density at radius 2 is 1.96 bits per heavy atom. The van der Waals surface area contributed by atoms with Gasteiger partial charge in [0.05, 0.1) is 7.11 Å². The van der Waals surface area contributed by atoms with Gasteiger partial charge < -0.3 is 20.3 Å². The Hall–Kier alpha value is -2.76. The number of primary amides is 1. The number of piperazine rings is 1. The summed E-state index contributed by atoms with van der Waals surface area (Å²) in [6, 6.07) is 14.4. The van der Waals surface area contributed by atoms with Crippen LogP contribution in [0.25, 0.3) is 0 Å². The predicted molar refractivity (Wildman–Crippen MR) is 89.0 cm³/mol. The molecule has 1 aliphatic rings. The lowest BCUT2D eigenvalue weighted by atomic mass is 10.2. The smallest absolute Gasteiger partial charge is 0.268 e. The largest absolute Gasteiger partial charge is 0.497 e. The van der Waals surface area contributed by atoms with E-state index in [9.17, 15) is 4.79 Å². The third-order valence-electron chi connectivity index (χ3n) is 3.93. The first-order valence-corrected chi connectivity index (χ1v) is 7.50. The molecule has 23 heavy (non-hydrogen) atoms. The van der Waals surface area contributed by atoms with E-state index < -0.39 is 5.91 Å². The number of ether oxygens (including phenoxy) is 1. The van der Waals surface area contributed by atoms with E-state index >= 15 is 0 Å². The molecule has 0 bridgehead atoms. The molecule has 3 rings (SSSR count). The summed E-state index contributed by atoms with van der Waals surface area (Å²) in [5.41, 5.74) is 6.59. The molecule has 0 saturated carbocycles. The number of nitrogens with zero attached hydrogens (tertiary/aromatic N) is 3. The molecule has 1 aromatic heterocycles. The minimum atomic E-state index is -0.554. The molecule has 2 N–H and O–H groups in total. The van der Waals surface area contributed by atoms with Gasteiger partial charge in [-0.05, 0) is 24.3 Å². The number of methoxy groups -OCH3 is 1. The number of hydrogen-bond acceptors (Lipinski definition) is 5. The lowest BCUT2D eigenvalue weighted by molar-refractivity contribution is 0.0995. The van der Waals surface area contributed by atoms with Crippen molar-refractivity contribution in [2.75, 3.05) is 43.1 Å². The van der Waals surface area contributed by atoms with E-state index in [4.69, 9.17) is 10.5 Å². The minimum Gasteiger partial charge on any atom is -0.497 e. The molecule has 2 aromatic rings. The molecule has 1 aliphatic heterocycles. The van der Waals surface area contributed by atoms with Crippen LogP contribution in [0.4, 0.5) is 11.5 Å². The summed E-state index contributed by atoms with van der Waals surface area (Å²) in [6.45, 7) is 3.40. The highest BCUT2D eigenvalue weighted by Gasteiger charge is 2.19. The quantitative estimate of drug-likeness (QED) is 0.922. The summed E-state index contributed by atoms with van der Waals surface area (Å²) in [4.78, 5) is 20.0. The number of nitrogens with two attached hydrogens (primary N) is 1. The molecule has 1 aromatic carbocycles. The van der Waals surface area contributed by atoms with Crippen LogP contribution < -0.4 is 20.3 Å². The number of benzene rings is 1. The van der Waals surface area contributed by atoms with Crippen LogP contribution in [0.5, 0.6) is 5.75 Å². The molecule has 2 heterocycles. The number of pyridine rings is 1. The first kappa shape index (κ1) is 15.1. The standard InChI is InChI=1S/C17H19N4O2/c1-23-14-5-2-4-13(12-14)20-8-10-21(11-9-20)16-7-3-6-15(19-16)17(18)22/h2-5,7,12H,8-11H2,1H3,(H2,18,22). The molecular formula is C17H19N4O2. The van der Waals surface area contributed by atoms with Gasteiger partial charge in [-0.1, -0.05) is 6.07 Å². The third kappa shape index (κ3) is 3.36. The fraction of sp³-hybridized carbons (Fsp3) is 0.294. The Bertz CT molecular complexity index is 696. The summed E-state index contributed by atoms with van der Waals surface area (Å²) >= 11 is 0. The van der Waals surface area contributed by atoms with Gasteiger partial charge in [0.1, 0.15) is 17.3 Å². The van der Waals surface area contributed by atoms with Crippen molar-refractivity contribution in [2.45, 2.75) is 0 Å². The van der Waals surface area contributed by atoms with Gasteiger partial charge in [0.2, 0.25) is 0 Å². The number of hydrogen-bond donors (Lipinski definition) is 1. The van der Waals surface area contributed by atoms with Gasteiger partial charge in [0.15, 0.2) is 0 Å². The fourth-order valence-corrected chi connectivity index (χ4v) is 2.68. The van der Waals surface area contributed by atoms with Gasteiger partial charge in [-0.2, -0.15) is 0 Å². The van der Waals surface area contributed by atoms with Crippen molar-refractivity contribution in [1.29, 1.82) is 0 Å². The van der Waals surface area contributed by atoms with Gasteiger partial charge >= 0.3 is 0 Å². The van der Waals surface area contributed by atoms with Crippen LogP contribution >= 0.6 is 0 Å². The highest BCUT2D eigenvalue weighted by Crippen LogP contribution is 2.23. The van der Waals surface area contributed by atoms with E-state index in [1.165, 1.54) is 0 Å². The lowest BCUT2D eigenvalue weighted by Gasteiger charge is -2.36. The van der Waals surface area contributed by atoms with E-state index in [2.05, 4.69) is 26.9 Å². The van der Waals surface area contributed by atoms with Crippen molar-refractivity contribution in [1.82, 2.24) is 4.98 Å². The molecule has 0 aliphatic carbocycles. The zero-order valence-electron chi connectivity index (χ0n) is 13.0.